The van der Waals surface area contributed by atoms with Gasteiger partial charge in [-0.3, -0.25) is 4.98 Å². The third kappa shape index (κ3) is 2.90. The van der Waals surface area contributed by atoms with Crippen LogP contribution in [0.5, 0.6) is 0 Å². The maximum absolute atomic E-state index is 5.43. The number of fused-ring (bicyclic) bond motifs is 8. The van der Waals surface area contributed by atoms with Gasteiger partial charge in [-0.25, -0.2) is 4.98 Å². The van der Waals surface area contributed by atoms with E-state index in [0.29, 0.717) is 10.5 Å². The highest BCUT2D eigenvalue weighted by Crippen LogP contribution is 2.48. The van der Waals surface area contributed by atoms with Crippen molar-refractivity contribution in [2.75, 3.05) is 0 Å². The fourth-order valence-corrected chi connectivity index (χ4v) is 9.04. The molecule has 2 aliphatic heterocycles. The van der Waals surface area contributed by atoms with Crippen molar-refractivity contribution in [2.45, 2.75) is 21.2 Å². The van der Waals surface area contributed by atoms with Crippen LogP contribution < -0.4 is 0 Å². The van der Waals surface area contributed by atoms with Crippen molar-refractivity contribution in [1.82, 2.24) is 19.1 Å². The summed E-state index contributed by atoms with van der Waals surface area (Å²) in [6.07, 6.45) is 24.3. The molecule has 4 aliphatic rings. The molecule has 4 unspecified atom stereocenters. The predicted octanol–water partition coefficient (Wildman–Crippen LogP) is 8.03. The molecule has 0 amide bonds. The molecule has 0 radical (unpaired) electrons. The highest BCUT2D eigenvalue weighted by Gasteiger charge is 2.31. The van der Waals surface area contributed by atoms with E-state index in [4.69, 9.17) is 9.97 Å². The molecule has 5 aromatic rings. The summed E-state index contributed by atoms with van der Waals surface area (Å²) in [5.74, 6) is 0. The minimum absolute atomic E-state index is 0.188. The number of benzene rings is 1. The lowest BCUT2D eigenvalue weighted by Gasteiger charge is -2.16. The molecule has 2 aliphatic carbocycles. The Morgan fingerprint density at radius 2 is 1.37 bits per heavy atom. The number of aromatic nitrogens is 4. The van der Waals surface area contributed by atoms with Crippen LogP contribution in [-0.2, 0) is 0 Å². The van der Waals surface area contributed by atoms with Gasteiger partial charge in [0.25, 0.3) is 0 Å². The molecule has 4 atom stereocenters. The van der Waals surface area contributed by atoms with Crippen molar-refractivity contribution in [3.05, 3.63) is 121 Å². The summed E-state index contributed by atoms with van der Waals surface area (Å²) in [5.41, 5.74) is 9.24. The van der Waals surface area contributed by atoms with Crippen LogP contribution in [0.3, 0.4) is 0 Å². The third-order valence-corrected chi connectivity index (χ3v) is 10.7. The van der Waals surface area contributed by atoms with Crippen LogP contribution in [0.4, 0.5) is 0 Å². The van der Waals surface area contributed by atoms with Gasteiger partial charge in [-0.05, 0) is 47.6 Å². The van der Waals surface area contributed by atoms with E-state index in [1.807, 2.05) is 35.8 Å². The van der Waals surface area contributed by atoms with Crippen molar-refractivity contribution < 1.29 is 0 Å². The summed E-state index contributed by atoms with van der Waals surface area (Å²) in [6.45, 7) is 0. The van der Waals surface area contributed by atoms with Crippen LogP contribution in [0.2, 0.25) is 0 Å². The molecule has 6 heteroatoms. The van der Waals surface area contributed by atoms with E-state index < -0.39 is 0 Å². The summed E-state index contributed by atoms with van der Waals surface area (Å²) in [4.78, 5) is 10.3. The Balaban J connectivity index is 1.33. The van der Waals surface area contributed by atoms with Gasteiger partial charge in [-0.15, -0.1) is 23.5 Å². The van der Waals surface area contributed by atoms with E-state index in [1.54, 1.807) is 0 Å². The molecule has 6 heterocycles. The molecule has 0 spiro atoms. The number of hydrogen-bond acceptors (Lipinski definition) is 4. The minimum atomic E-state index is 0.188. The van der Waals surface area contributed by atoms with Gasteiger partial charge in [0.15, 0.2) is 0 Å². The Labute approximate surface area is 227 Å². The number of hydrogen-bond donors (Lipinski definition) is 0. The molecule has 0 bridgehead atoms. The van der Waals surface area contributed by atoms with Gasteiger partial charge in [0.2, 0.25) is 0 Å². The molecule has 4 nitrogen and oxygen atoms in total. The second-order valence-corrected chi connectivity index (χ2v) is 12.6. The SMILES string of the molecule is C1=CC2=CC(n3c4cccnc4c4nc5c(cc43)c3ccccc3n5C3C=C4C=CC=CC4S3)SC2C=C1. The topological polar surface area (TPSA) is 35.6 Å². The van der Waals surface area contributed by atoms with Crippen LogP contribution in [0.25, 0.3) is 44.0 Å². The van der Waals surface area contributed by atoms with Crippen molar-refractivity contribution >= 4 is 67.5 Å². The Morgan fingerprint density at radius 1 is 0.658 bits per heavy atom. The maximum atomic E-state index is 5.43. The largest absolute Gasteiger partial charge is 0.321 e. The van der Waals surface area contributed by atoms with E-state index in [-0.39, 0.29) is 10.7 Å². The molecule has 182 valence electrons. The lowest BCUT2D eigenvalue weighted by atomic mass is 10.1. The average Bonchev–Trinajstić information content (AvgIpc) is 3.71. The first-order valence-electron chi connectivity index (χ1n) is 13.0. The van der Waals surface area contributed by atoms with E-state index in [9.17, 15) is 0 Å². The number of para-hydroxylation sites is 1. The molecule has 0 N–H and O–H groups in total. The van der Waals surface area contributed by atoms with Gasteiger partial charge in [-0.1, -0.05) is 66.8 Å². The highest BCUT2D eigenvalue weighted by atomic mass is 32.2. The van der Waals surface area contributed by atoms with Crippen molar-refractivity contribution in [3.63, 3.8) is 0 Å². The zero-order chi connectivity index (χ0) is 24.8. The van der Waals surface area contributed by atoms with Gasteiger partial charge in [0.05, 0.1) is 27.0 Å². The van der Waals surface area contributed by atoms with E-state index in [0.717, 1.165) is 27.7 Å². The highest BCUT2D eigenvalue weighted by molar-refractivity contribution is 8.01. The molecule has 0 saturated heterocycles. The fraction of sp³-hybridized carbons (Fsp3) is 0.125. The maximum Gasteiger partial charge on any atom is 0.143 e. The second-order valence-electron chi connectivity index (χ2n) is 10.1. The first kappa shape index (κ1) is 21.2. The fourth-order valence-electron chi connectivity index (χ4n) is 6.30. The molecule has 4 aromatic heterocycles. The van der Waals surface area contributed by atoms with E-state index >= 15 is 0 Å². The second kappa shape index (κ2) is 7.88. The first-order valence-corrected chi connectivity index (χ1v) is 14.8. The molecule has 9 rings (SSSR count). The molecule has 38 heavy (non-hydrogen) atoms. The van der Waals surface area contributed by atoms with Gasteiger partial charge >= 0.3 is 0 Å². The average molecular weight is 527 g/mol. The molecular formula is C32H22N4S2. The van der Waals surface area contributed by atoms with Gasteiger partial charge in [0, 0.05) is 17.0 Å². The van der Waals surface area contributed by atoms with Crippen LogP contribution in [0, 0.1) is 0 Å². The van der Waals surface area contributed by atoms with Crippen LogP contribution in [0.1, 0.15) is 10.7 Å². The van der Waals surface area contributed by atoms with Crippen molar-refractivity contribution in [2.24, 2.45) is 0 Å². The quantitative estimate of drug-likeness (QED) is 0.233. The molecule has 0 saturated carbocycles. The molecule has 1 aromatic carbocycles. The summed E-state index contributed by atoms with van der Waals surface area (Å²) in [7, 11) is 0. The normalized spacial score (nSPS) is 25.6. The summed E-state index contributed by atoms with van der Waals surface area (Å²) < 4.78 is 4.88. The smallest absolute Gasteiger partial charge is 0.143 e. The minimum Gasteiger partial charge on any atom is -0.321 e. The van der Waals surface area contributed by atoms with Crippen LogP contribution >= 0.6 is 23.5 Å². The monoisotopic (exact) mass is 526 g/mol. The zero-order valence-corrected chi connectivity index (χ0v) is 21.9. The van der Waals surface area contributed by atoms with Crippen LogP contribution in [0.15, 0.2) is 121 Å². The van der Waals surface area contributed by atoms with Gasteiger partial charge in [-0.2, -0.15) is 0 Å². The standard InChI is InChI=1S/C32H22N4S2/c1-5-13-26-19(8-1)16-28(37-26)35-24-12-7-15-33-30(24)31-25(35)18-22-21-10-3-4-11-23(21)36(32(22)34-31)29-17-20-9-2-6-14-27(20)38-29/h1-18,26-29H. The van der Waals surface area contributed by atoms with Crippen molar-refractivity contribution in [3.8, 4) is 0 Å². The first-order chi connectivity index (χ1) is 18.8. The van der Waals surface area contributed by atoms with Crippen molar-refractivity contribution in [1.29, 1.82) is 0 Å². The van der Waals surface area contributed by atoms with Gasteiger partial charge < -0.3 is 9.13 Å². The number of rotatable bonds is 2. The number of thioether (sulfide) groups is 2. The number of allylic oxidation sites excluding steroid dienone is 6. The lowest BCUT2D eigenvalue weighted by molar-refractivity contribution is 0.865. The van der Waals surface area contributed by atoms with E-state index in [1.165, 1.54) is 27.4 Å². The molecule has 0 fully saturated rings. The third-order valence-electron chi connectivity index (χ3n) is 7.97. The molecular weight excluding hydrogens is 505 g/mol. The predicted molar refractivity (Wildman–Crippen MR) is 162 cm³/mol. The van der Waals surface area contributed by atoms with E-state index in [2.05, 4.69) is 106 Å². The Hall–Kier alpha value is -3.74. The Bertz CT molecular complexity index is 1870. The van der Waals surface area contributed by atoms with Crippen LogP contribution in [-0.4, -0.2) is 29.6 Å². The Morgan fingerprint density at radius 3 is 2.13 bits per heavy atom. The lowest BCUT2D eigenvalue weighted by Crippen LogP contribution is -2.04. The van der Waals surface area contributed by atoms with Gasteiger partial charge in [0.1, 0.15) is 27.4 Å². The summed E-state index contributed by atoms with van der Waals surface area (Å²) in [5, 5.41) is 3.62. The zero-order valence-electron chi connectivity index (χ0n) is 20.3. The number of nitrogens with zero attached hydrogens (tertiary/aromatic N) is 4. The Kier molecular flexibility index (Phi) is 4.40. The summed E-state index contributed by atoms with van der Waals surface area (Å²) in [6, 6.07) is 15.3. The number of pyridine rings is 2. The summed E-state index contributed by atoms with van der Waals surface area (Å²) >= 11 is 3.95.